The number of amides is 1. The molecule has 0 aromatic carbocycles. The minimum atomic E-state index is -0.830. The van der Waals surface area contributed by atoms with E-state index in [-0.39, 0.29) is 28.6 Å². The van der Waals surface area contributed by atoms with Gasteiger partial charge in [-0.05, 0) is 18.4 Å². The van der Waals surface area contributed by atoms with Gasteiger partial charge in [-0.2, -0.15) is 0 Å². The van der Waals surface area contributed by atoms with Crippen molar-refractivity contribution in [3.05, 3.63) is 22.8 Å². The highest BCUT2D eigenvalue weighted by molar-refractivity contribution is 5.76. The molecule has 0 aliphatic carbocycles. The summed E-state index contributed by atoms with van der Waals surface area (Å²) < 4.78 is 0. The summed E-state index contributed by atoms with van der Waals surface area (Å²) in [6, 6.07) is -0.830. The minimum absolute atomic E-state index is 0.124. The predicted molar refractivity (Wildman–Crippen MR) is 66.9 cm³/mol. The summed E-state index contributed by atoms with van der Waals surface area (Å²) in [6.07, 6.45) is 2.83. The van der Waals surface area contributed by atoms with Crippen LogP contribution >= 0.6 is 0 Å². The molecule has 0 rings (SSSR count). The lowest BCUT2D eigenvalue weighted by molar-refractivity contribution is -0.520. The molecule has 5 heteroatoms. The zero-order valence-electron chi connectivity index (χ0n) is 10.8. The molecule has 0 aliphatic rings. The summed E-state index contributed by atoms with van der Waals surface area (Å²) in [5.74, 6) is -1.07. The van der Waals surface area contributed by atoms with Gasteiger partial charge in [-0.25, -0.2) is 0 Å². The summed E-state index contributed by atoms with van der Waals surface area (Å²) in [4.78, 5) is 21.8. The number of carbonyl (C=O) groups excluding carboxylic acids is 1. The van der Waals surface area contributed by atoms with Crippen LogP contribution < -0.4 is 5.73 Å². The Morgan fingerprint density at radius 2 is 2.00 bits per heavy atom. The summed E-state index contributed by atoms with van der Waals surface area (Å²) in [5.41, 5.74) is 5.34. The van der Waals surface area contributed by atoms with Crippen molar-refractivity contribution >= 4 is 5.91 Å². The van der Waals surface area contributed by atoms with Crippen LogP contribution in [0.15, 0.2) is 12.7 Å². The highest BCUT2D eigenvalue weighted by atomic mass is 16.6. The van der Waals surface area contributed by atoms with Crippen molar-refractivity contribution in [2.45, 2.75) is 39.7 Å². The Kier molecular flexibility index (Phi) is 6.46. The molecule has 0 aromatic heterocycles. The van der Waals surface area contributed by atoms with Crippen LogP contribution in [0.2, 0.25) is 0 Å². The van der Waals surface area contributed by atoms with Crippen LogP contribution in [0.3, 0.4) is 0 Å². The molecule has 0 bridgehead atoms. The van der Waals surface area contributed by atoms with E-state index < -0.39 is 6.04 Å². The molecule has 5 nitrogen and oxygen atoms in total. The first-order valence-electron chi connectivity index (χ1n) is 5.92. The normalized spacial score (nSPS) is 17.8. The maximum absolute atomic E-state index is 11.3. The van der Waals surface area contributed by atoms with E-state index in [4.69, 9.17) is 5.73 Å². The summed E-state index contributed by atoms with van der Waals surface area (Å²) in [6.45, 7) is 9.05. The molecule has 0 fully saturated rings. The van der Waals surface area contributed by atoms with Crippen molar-refractivity contribution < 1.29 is 9.72 Å². The van der Waals surface area contributed by atoms with Crippen molar-refractivity contribution in [2.24, 2.45) is 23.5 Å². The number of nitrogens with zero attached hydrogens (tertiary/aromatic N) is 1. The Morgan fingerprint density at radius 3 is 2.29 bits per heavy atom. The van der Waals surface area contributed by atoms with E-state index in [9.17, 15) is 14.9 Å². The van der Waals surface area contributed by atoms with Gasteiger partial charge in [0.15, 0.2) is 0 Å². The molecule has 0 saturated heterocycles. The first-order chi connectivity index (χ1) is 7.86. The fraction of sp³-hybridized carbons (Fsp3) is 0.750. The summed E-state index contributed by atoms with van der Waals surface area (Å²) >= 11 is 0. The van der Waals surface area contributed by atoms with Gasteiger partial charge < -0.3 is 5.73 Å². The molecular formula is C12H22N2O3. The van der Waals surface area contributed by atoms with Gasteiger partial charge in [0.1, 0.15) is 0 Å². The molecular weight excluding hydrogens is 220 g/mol. The zero-order valence-corrected chi connectivity index (χ0v) is 10.8. The first kappa shape index (κ1) is 15.6. The Morgan fingerprint density at radius 1 is 1.47 bits per heavy atom. The van der Waals surface area contributed by atoms with Crippen LogP contribution in [-0.2, 0) is 4.79 Å². The van der Waals surface area contributed by atoms with Crippen LogP contribution in [0.4, 0.5) is 0 Å². The molecule has 1 amide bonds. The van der Waals surface area contributed by atoms with Crippen LogP contribution in [0.5, 0.6) is 0 Å². The Labute approximate surface area is 102 Å². The molecule has 17 heavy (non-hydrogen) atoms. The van der Waals surface area contributed by atoms with Crippen LogP contribution in [-0.4, -0.2) is 16.9 Å². The highest BCUT2D eigenvalue weighted by Gasteiger charge is 2.35. The van der Waals surface area contributed by atoms with Gasteiger partial charge in [-0.1, -0.05) is 33.8 Å². The Hall–Kier alpha value is -1.39. The predicted octanol–water partition coefficient (Wildman–Crippen LogP) is 1.99. The third-order valence-corrected chi connectivity index (χ3v) is 3.45. The molecule has 98 valence electrons. The van der Waals surface area contributed by atoms with Gasteiger partial charge in [0.25, 0.3) is 0 Å². The van der Waals surface area contributed by atoms with Crippen molar-refractivity contribution in [1.29, 1.82) is 0 Å². The van der Waals surface area contributed by atoms with E-state index in [1.54, 1.807) is 6.92 Å². The van der Waals surface area contributed by atoms with Gasteiger partial charge in [0.05, 0.1) is 0 Å². The van der Waals surface area contributed by atoms with E-state index in [1.165, 1.54) is 6.08 Å². The van der Waals surface area contributed by atoms with Gasteiger partial charge in [-0.3, -0.25) is 14.9 Å². The molecule has 0 aliphatic heterocycles. The number of nitro groups is 1. The smallest absolute Gasteiger partial charge is 0.233 e. The summed E-state index contributed by atoms with van der Waals surface area (Å²) in [5, 5.41) is 10.8. The molecule has 4 atom stereocenters. The minimum Gasteiger partial charge on any atom is -0.369 e. The molecule has 0 radical (unpaired) electrons. The molecule has 1 unspecified atom stereocenters. The van der Waals surface area contributed by atoms with Crippen molar-refractivity contribution in [1.82, 2.24) is 0 Å². The number of primary amides is 1. The zero-order chi connectivity index (χ0) is 13.6. The monoisotopic (exact) mass is 242 g/mol. The lowest BCUT2D eigenvalue weighted by Gasteiger charge is -2.27. The first-order valence-corrected chi connectivity index (χ1v) is 5.92. The number of hydrogen-bond acceptors (Lipinski definition) is 3. The van der Waals surface area contributed by atoms with E-state index >= 15 is 0 Å². The molecule has 2 N–H and O–H groups in total. The van der Waals surface area contributed by atoms with E-state index in [2.05, 4.69) is 6.58 Å². The molecule has 0 saturated carbocycles. The maximum Gasteiger partial charge on any atom is 0.233 e. The molecule has 0 aromatic rings. The maximum atomic E-state index is 11.3. The van der Waals surface area contributed by atoms with Gasteiger partial charge >= 0.3 is 0 Å². The van der Waals surface area contributed by atoms with E-state index in [0.29, 0.717) is 6.42 Å². The van der Waals surface area contributed by atoms with E-state index in [1.807, 2.05) is 13.8 Å². The number of carbonyl (C=O) groups is 1. The SMILES string of the molecule is C=CC([C@H](C)[C@H](C)[C@H](CCC)C(N)=O)[N+](=O)[O-]. The van der Waals surface area contributed by atoms with Crippen molar-refractivity contribution in [2.75, 3.05) is 0 Å². The lowest BCUT2D eigenvalue weighted by Crippen LogP contribution is -2.37. The fourth-order valence-corrected chi connectivity index (χ4v) is 2.15. The number of hydrogen-bond donors (Lipinski definition) is 1. The second-order valence-electron chi connectivity index (χ2n) is 4.53. The highest BCUT2D eigenvalue weighted by Crippen LogP contribution is 2.28. The number of nitrogens with two attached hydrogens (primary N) is 1. The second-order valence-corrected chi connectivity index (χ2v) is 4.53. The van der Waals surface area contributed by atoms with Crippen LogP contribution in [0.25, 0.3) is 0 Å². The third-order valence-electron chi connectivity index (χ3n) is 3.45. The van der Waals surface area contributed by atoms with Crippen LogP contribution in [0.1, 0.15) is 33.6 Å². The van der Waals surface area contributed by atoms with Gasteiger partial charge in [-0.15, -0.1) is 0 Å². The average Bonchev–Trinajstić information content (AvgIpc) is 2.24. The Bertz CT molecular complexity index is 291. The standard InChI is InChI=1S/C12H22N2O3/c1-5-7-10(12(13)15)8(3)9(4)11(6-2)14(16)17/h6,8-11H,2,5,7H2,1,3-4H3,(H2,13,15)/t8-,9+,10-,11?/m0/s1. The van der Waals surface area contributed by atoms with Crippen molar-refractivity contribution in [3.63, 3.8) is 0 Å². The van der Waals surface area contributed by atoms with Crippen LogP contribution in [0, 0.1) is 27.9 Å². The van der Waals surface area contributed by atoms with Crippen molar-refractivity contribution in [3.8, 4) is 0 Å². The van der Waals surface area contributed by atoms with Gasteiger partial charge in [0.2, 0.25) is 11.9 Å². The van der Waals surface area contributed by atoms with Gasteiger partial charge in [0, 0.05) is 16.8 Å². The third kappa shape index (κ3) is 4.17. The fourth-order valence-electron chi connectivity index (χ4n) is 2.15. The average molecular weight is 242 g/mol. The topological polar surface area (TPSA) is 86.2 Å². The van der Waals surface area contributed by atoms with E-state index in [0.717, 1.165) is 6.42 Å². The molecule has 0 spiro atoms. The quantitative estimate of drug-likeness (QED) is 0.401. The largest absolute Gasteiger partial charge is 0.369 e. The molecule has 0 heterocycles. The summed E-state index contributed by atoms with van der Waals surface area (Å²) in [7, 11) is 0. The number of rotatable bonds is 8. The second kappa shape index (κ2) is 7.04. The Balaban J connectivity index is 4.85. The lowest BCUT2D eigenvalue weighted by atomic mass is 9.78.